The molecule has 0 aromatic heterocycles. The molecule has 19 heavy (non-hydrogen) atoms. The van der Waals surface area contributed by atoms with Gasteiger partial charge in [0.15, 0.2) is 0 Å². The number of nitrogens with one attached hydrogen (secondary N) is 1. The number of ether oxygens (including phenoxy) is 1. The fourth-order valence-electron chi connectivity index (χ4n) is 2.47. The Labute approximate surface area is 128 Å². The van der Waals surface area contributed by atoms with Gasteiger partial charge < -0.3 is 10.1 Å². The van der Waals surface area contributed by atoms with Crippen molar-refractivity contribution in [3.8, 4) is 5.75 Å². The molecular weight excluding hydrogens is 322 g/mol. The zero-order valence-corrected chi connectivity index (χ0v) is 13.8. The smallest absolute Gasteiger partial charge is 0.119 e. The van der Waals surface area contributed by atoms with Gasteiger partial charge in [0.25, 0.3) is 0 Å². The molecule has 1 fully saturated rings. The summed E-state index contributed by atoms with van der Waals surface area (Å²) in [5, 5.41) is 4.49. The van der Waals surface area contributed by atoms with Crippen LogP contribution < -0.4 is 10.1 Å². The minimum absolute atomic E-state index is 0.692. The summed E-state index contributed by atoms with van der Waals surface area (Å²) in [6, 6.07) is 8.69. The third kappa shape index (κ3) is 5.36. The largest absolute Gasteiger partial charge is 0.492 e. The molecule has 0 saturated heterocycles. The van der Waals surface area contributed by atoms with Crippen molar-refractivity contribution in [2.24, 2.45) is 0 Å². The predicted octanol–water partition coefficient (Wildman–Crippen LogP) is 4.09. The predicted molar refractivity (Wildman–Crippen MR) is 87.2 cm³/mol. The highest BCUT2D eigenvalue weighted by molar-refractivity contribution is 9.10. The van der Waals surface area contributed by atoms with Crippen LogP contribution >= 0.6 is 27.7 Å². The van der Waals surface area contributed by atoms with Gasteiger partial charge in [-0.1, -0.05) is 15.9 Å². The molecule has 1 saturated carbocycles. The third-order valence-corrected chi connectivity index (χ3v) is 5.29. The van der Waals surface area contributed by atoms with Crippen molar-refractivity contribution in [3.63, 3.8) is 0 Å². The van der Waals surface area contributed by atoms with E-state index in [-0.39, 0.29) is 0 Å². The molecule has 0 heterocycles. The van der Waals surface area contributed by atoms with Crippen LogP contribution in [0.4, 0.5) is 0 Å². The molecule has 0 aliphatic heterocycles. The summed E-state index contributed by atoms with van der Waals surface area (Å²) < 4.78 is 6.79. The van der Waals surface area contributed by atoms with Crippen LogP contribution in [0.5, 0.6) is 5.75 Å². The summed E-state index contributed by atoms with van der Waals surface area (Å²) in [6.07, 6.45) is 7.55. The molecule has 0 bridgehead atoms. The van der Waals surface area contributed by atoms with E-state index < -0.39 is 0 Å². The normalized spacial score (nSPS) is 23.3. The lowest BCUT2D eigenvalue weighted by molar-refractivity contribution is 0.290. The Morgan fingerprint density at radius 2 is 1.89 bits per heavy atom. The van der Waals surface area contributed by atoms with Gasteiger partial charge in [0.2, 0.25) is 0 Å². The van der Waals surface area contributed by atoms with Crippen LogP contribution in [-0.2, 0) is 0 Å². The molecule has 0 atom stereocenters. The Morgan fingerprint density at radius 3 is 2.53 bits per heavy atom. The topological polar surface area (TPSA) is 21.3 Å². The minimum Gasteiger partial charge on any atom is -0.492 e. The Kier molecular flexibility index (Phi) is 6.54. The second-order valence-electron chi connectivity index (χ2n) is 4.97. The molecule has 2 rings (SSSR count). The molecule has 0 radical (unpaired) electrons. The molecule has 106 valence electrons. The molecule has 0 amide bonds. The SMILES string of the molecule is CSC1CCC(NCCOc2ccc(Br)cc2)CC1. The maximum Gasteiger partial charge on any atom is 0.119 e. The van der Waals surface area contributed by atoms with E-state index in [1.807, 2.05) is 36.0 Å². The van der Waals surface area contributed by atoms with E-state index in [2.05, 4.69) is 27.5 Å². The van der Waals surface area contributed by atoms with Crippen LogP contribution in [0.15, 0.2) is 28.7 Å². The van der Waals surface area contributed by atoms with Crippen molar-refractivity contribution >= 4 is 27.7 Å². The zero-order valence-electron chi connectivity index (χ0n) is 11.4. The first kappa shape index (κ1) is 15.2. The number of hydrogen-bond acceptors (Lipinski definition) is 3. The van der Waals surface area contributed by atoms with Crippen LogP contribution in [0, 0.1) is 0 Å². The van der Waals surface area contributed by atoms with Gasteiger partial charge in [-0.25, -0.2) is 0 Å². The van der Waals surface area contributed by atoms with Gasteiger partial charge in [0.1, 0.15) is 12.4 Å². The van der Waals surface area contributed by atoms with Crippen molar-refractivity contribution < 1.29 is 4.74 Å². The van der Waals surface area contributed by atoms with E-state index >= 15 is 0 Å². The van der Waals surface area contributed by atoms with E-state index in [0.717, 1.165) is 28.6 Å². The first-order chi connectivity index (χ1) is 9.28. The summed E-state index contributed by atoms with van der Waals surface area (Å²) in [6.45, 7) is 1.68. The molecular formula is C15H22BrNOS. The van der Waals surface area contributed by atoms with Gasteiger partial charge in [0.05, 0.1) is 0 Å². The van der Waals surface area contributed by atoms with E-state index in [1.54, 1.807) is 0 Å². The number of rotatable bonds is 6. The van der Waals surface area contributed by atoms with Crippen molar-refractivity contribution in [1.82, 2.24) is 5.32 Å². The highest BCUT2D eigenvalue weighted by Crippen LogP contribution is 2.26. The Bertz CT molecular complexity index is 363. The van der Waals surface area contributed by atoms with Gasteiger partial charge in [-0.3, -0.25) is 0 Å². The van der Waals surface area contributed by atoms with Crippen LogP contribution in [-0.4, -0.2) is 30.7 Å². The minimum atomic E-state index is 0.692. The highest BCUT2D eigenvalue weighted by atomic mass is 79.9. The number of thioether (sulfide) groups is 1. The van der Waals surface area contributed by atoms with Gasteiger partial charge >= 0.3 is 0 Å². The molecule has 4 heteroatoms. The summed E-state index contributed by atoms with van der Waals surface area (Å²) in [4.78, 5) is 0. The molecule has 1 aromatic rings. The molecule has 0 unspecified atom stereocenters. The molecule has 1 aliphatic carbocycles. The Balaban J connectivity index is 1.58. The van der Waals surface area contributed by atoms with Gasteiger partial charge in [-0.15, -0.1) is 0 Å². The van der Waals surface area contributed by atoms with Gasteiger partial charge in [-0.05, 0) is 56.2 Å². The summed E-state index contributed by atoms with van der Waals surface area (Å²) in [5.41, 5.74) is 0. The van der Waals surface area contributed by atoms with Crippen molar-refractivity contribution in [3.05, 3.63) is 28.7 Å². The molecule has 0 spiro atoms. The lowest BCUT2D eigenvalue weighted by Gasteiger charge is -2.28. The van der Waals surface area contributed by atoms with Crippen LogP contribution in [0.2, 0.25) is 0 Å². The molecule has 1 N–H and O–H groups in total. The first-order valence-corrected chi connectivity index (χ1v) is 9.00. The van der Waals surface area contributed by atoms with Crippen molar-refractivity contribution in [2.45, 2.75) is 37.0 Å². The maximum absolute atomic E-state index is 5.71. The average molecular weight is 344 g/mol. The fourth-order valence-corrected chi connectivity index (χ4v) is 3.47. The quantitative estimate of drug-likeness (QED) is 0.786. The molecule has 2 nitrogen and oxygen atoms in total. The summed E-state index contributed by atoms with van der Waals surface area (Å²) >= 11 is 5.44. The van der Waals surface area contributed by atoms with Gasteiger partial charge in [-0.2, -0.15) is 11.8 Å². The first-order valence-electron chi connectivity index (χ1n) is 6.92. The van der Waals surface area contributed by atoms with E-state index in [1.165, 1.54) is 25.7 Å². The van der Waals surface area contributed by atoms with E-state index in [0.29, 0.717) is 6.04 Å². The second kappa shape index (κ2) is 8.18. The van der Waals surface area contributed by atoms with E-state index in [9.17, 15) is 0 Å². The van der Waals surface area contributed by atoms with Crippen molar-refractivity contribution in [2.75, 3.05) is 19.4 Å². The lowest BCUT2D eigenvalue weighted by Crippen LogP contribution is -2.36. The number of halogens is 1. The standard InChI is InChI=1S/C15H22BrNOS/c1-19-15-8-4-13(5-9-15)17-10-11-18-14-6-2-12(16)3-7-14/h2-3,6-7,13,15,17H,4-5,8-11H2,1H3. The fraction of sp³-hybridized carbons (Fsp3) is 0.600. The van der Waals surface area contributed by atoms with Gasteiger partial charge in [0, 0.05) is 22.3 Å². The summed E-state index contributed by atoms with van der Waals surface area (Å²) in [5.74, 6) is 0.941. The highest BCUT2D eigenvalue weighted by Gasteiger charge is 2.19. The molecule has 1 aromatic carbocycles. The van der Waals surface area contributed by atoms with E-state index in [4.69, 9.17) is 4.74 Å². The maximum atomic E-state index is 5.71. The second-order valence-corrected chi connectivity index (χ2v) is 7.02. The van der Waals surface area contributed by atoms with Crippen LogP contribution in [0.25, 0.3) is 0 Å². The zero-order chi connectivity index (χ0) is 13.5. The number of hydrogen-bond donors (Lipinski definition) is 1. The molecule has 1 aliphatic rings. The number of benzene rings is 1. The van der Waals surface area contributed by atoms with Crippen LogP contribution in [0.3, 0.4) is 0 Å². The van der Waals surface area contributed by atoms with Crippen LogP contribution in [0.1, 0.15) is 25.7 Å². The summed E-state index contributed by atoms with van der Waals surface area (Å²) in [7, 11) is 0. The monoisotopic (exact) mass is 343 g/mol. The lowest BCUT2D eigenvalue weighted by atomic mass is 9.95. The Hall–Kier alpha value is -0.190. The average Bonchev–Trinajstić information content (AvgIpc) is 2.46. The third-order valence-electron chi connectivity index (χ3n) is 3.62. The Morgan fingerprint density at radius 1 is 1.21 bits per heavy atom. The van der Waals surface area contributed by atoms with Crippen molar-refractivity contribution in [1.29, 1.82) is 0 Å².